The second kappa shape index (κ2) is 5.39. The number of hydrogen-bond donors (Lipinski definition) is 1. The average Bonchev–Trinajstić information content (AvgIpc) is 2.77. The molecule has 2 N–H and O–H groups in total. The first kappa shape index (κ1) is 14.2. The SMILES string of the molecule is CC(C)(C)c1csc(CC(N)c2cccc(F)c2)n1. The van der Waals surface area contributed by atoms with Crippen molar-refractivity contribution in [2.45, 2.75) is 38.6 Å². The fraction of sp³-hybridized carbons (Fsp3) is 0.400. The summed E-state index contributed by atoms with van der Waals surface area (Å²) in [5.74, 6) is -0.248. The topological polar surface area (TPSA) is 38.9 Å². The number of rotatable bonds is 3. The molecule has 1 atom stereocenters. The molecular weight excluding hydrogens is 259 g/mol. The van der Waals surface area contributed by atoms with Crippen LogP contribution in [0.4, 0.5) is 4.39 Å². The predicted octanol–water partition coefficient (Wildman–Crippen LogP) is 3.82. The molecule has 102 valence electrons. The van der Waals surface area contributed by atoms with Crippen molar-refractivity contribution in [1.82, 2.24) is 4.98 Å². The molecule has 19 heavy (non-hydrogen) atoms. The first-order valence-electron chi connectivity index (χ1n) is 6.32. The Morgan fingerprint density at radius 2 is 2.11 bits per heavy atom. The lowest BCUT2D eigenvalue weighted by Crippen LogP contribution is -2.15. The van der Waals surface area contributed by atoms with Crippen LogP contribution in [0.3, 0.4) is 0 Å². The number of benzene rings is 1. The van der Waals surface area contributed by atoms with Gasteiger partial charge in [0.25, 0.3) is 0 Å². The molecule has 1 heterocycles. The number of nitrogens with two attached hydrogens (primary N) is 1. The Kier molecular flexibility index (Phi) is 4.02. The van der Waals surface area contributed by atoms with Crippen LogP contribution in [0, 0.1) is 5.82 Å². The largest absolute Gasteiger partial charge is 0.324 e. The Balaban J connectivity index is 2.11. The summed E-state index contributed by atoms with van der Waals surface area (Å²) in [6, 6.07) is 6.24. The van der Waals surface area contributed by atoms with Crippen LogP contribution in [-0.2, 0) is 11.8 Å². The molecule has 2 aromatic rings. The van der Waals surface area contributed by atoms with Crippen molar-refractivity contribution in [3.63, 3.8) is 0 Å². The highest BCUT2D eigenvalue weighted by Gasteiger charge is 2.18. The van der Waals surface area contributed by atoms with E-state index in [9.17, 15) is 4.39 Å². The van der Waals surface area contributed by atoms with Crippen molar-refractivity contribution in [1.29, 1.82) is 0 Å². The molecule has 0 saturated heterocycles. The third-order valence-corrected chi connectivity index (χ3v) is 3.86. The maximum Gasteiger partial charge on any atom is 0.123 e. The molecule has 2 rings (SSSR count). The zero-order valence-electron chi connectivity index (χ0n) is 11.5. The van der Waals surface area contributed by atoms with E-state index in [1.165, 1.54) is 12.1 Å². The summed E-state index contributed by atoms with van der Waals surface area (Å²) < 4.78 is 13.2. The fourth-order valence-corrected chi connectivity index (χ4v) is 2.87. The van der Waals surface area contributed by atoms with Crippen LogP contribution in [-0.4, -0.2) is 4.98 Å². The maximum atomic E-state index is 13.2. The summed E-state index contributed by atoms with van der Waals surface area (Å²) in [6.07, 6.45) is 0.643. The summed E-state index contributed by atoms with van der Waals surface area (Å²) in [6.45, 7) is 6.41. The van der Waals surface area contributed by atoms with E-state index < -0.39 is 0 Å². The third-order valence-electron chi connectivity index (χ3n) is 2.99. The van der Waals surface area contributed by atoms with Crippen molar-refractivity contribution >= 4 is 11.3 Å². The van der Waals surface area contributed by atoms with Crippen LogP contribution in [0.5, 0.6) is 0 Å². The van der Waals surface area contributed by atoms with E-state index in [4.69, 9.17) is 5.73 Å². The minimum Gasteiger partial charge on any atom is -0.324 e. The summed E-state index contributed by atoms with van der Waals surface area (Å²) in [5, 5.41) is 3.08. The molecule has 0 radical (unpaired) electrons. The van der Waals surface area contributed by atoms with Gasteiger partial charge in [0.2, 0.25) is 0 Å². The zero-order chi connectivity index (χ0) is 14.0. The first-order valence-corrected chi connectivity index (χ1v) is 7.20. The molecule has 1 aromatic carbocycles. The number of nitrogens with zero attached hydrogens (tertiary/aromatic N) is 1. The Bertz CT molecular complexity index is 557. The Labute approximate surface area is 117 Å². The van der Waals surface area contributed by atoms with E-state index in [1.807, 2.05) is 6.07 Å². The molecule has 1 unspecified atom stereocenters. The van der Waals surface area contributed by atoms with Gasteiger partial charge in [-0.1, -0.05) is 32.9 Å². The summed E-state index contributed by atoms with van der Waals surface area (Å²) in [7, 11) is 0. The van der Waals surface area contributed by atoms with Crippen LogP contribution < -0.4 is 5.73 Å². The third kappa shape index (κ3) is 3.61. The minimum atomic E-state index is -0.248. The van der Waals surface area contributed by atoms with Crippen molar-refractivity contribution in [2.75, 3.05) is 0 Å². The van der Waals surface area contributed by atoms with Crippen molar-refractivity contribution in [3.05, 3.63) is 51.7 Å². The van der Waals surface area contributed by atoms with E-state index in [1.54, 1.807) is 17.4 Å². The molecule has 0 aliphatic heterocycles. The molecule has 0 aliphatic rings. The summed E-state index contributed by atoms with van der Waals surface area (Å²) in [4.78, 5) is 4.61. The second-order valence-electron chi connectivity index (χ2n) is 5.74. The normalized spacial score (nSPS) is 13.5. The number of thiazole rings is 1. The smallest absolute Gasteiger partial charge is 0.123 e. The lowest BCUT2D eigenvalue weighted by atomic mass is 9.93. The fourth-order valence-electron chi connectivity index (χ4n) is 1.79. The number of halogens is 1. The second-order valence-corrected chi connectivity index (χ2v) is 6.68. The summed E-state index contributed by atoms with van der Waals surface area (Å²) >= 11 is 1.62. The van der Waals surface area contributed by atoms with Gasteiger partial charge in [0.1, 0.15) is 5.82 Å². The molecule has 0 fully saturated rings. The van der Waals surface area contributed by atoms with Gasteiger partial charge < -0.3 is 5.73 Å². The van der Waals surface area contributed by atoms with Gasteiger partial charge >= 0.3 is 0 Å². The van der Waals surface area contributed by atoms with E-state index in [-0.39, 0.29) is 17.3 Å². The average molecular weight is 278 g/mol. The molecular formula is C15H19FN2S. The molecule has 0 amide bonds. The van der Waals surface area contributed by atoms with E-state index >= 15 is 0 Å². The lowest BCUT2D eigenvalue weighted by molar-refractivity contribution is 0.568. The molecule has 0 aliphatic carbocycles. The van der Waals surface area contributed by atoms with Gasteiger partial charge in [0.05, 0.1) is 10.7 Å². The molecule has 4 heteroatoms. The number of hydrogen-bond acceptors (Lipinski definition) is 3. The molecule has 1 aromatic heterocycles. The first-order chi connectivity index (χ1) is 8.86. The van der Waals surface area contributed by atoms with E-state index in [0.717, 1.165) is 16.3 Å². The highest BCUT2D eigenvalue weighted by molar-refractivity contribution is 7.09. The molecule has 2 nitrogen and oxygen atoms in total. The van der Waals surface area contributed by atoms with Gasteiger partial charge in [-0.3, -0.25) is 0 Å². The monoisotopic (exact) mass is 278 g/mol. The molecule has 0 saturated carbocycles. The van der Waals surface area contributed by atoms with Gasteiger partial charge in [-0.05, 0) is 17.7 Å². The summed E-state index contributed by atoms with van der Waals surface area (Å²) in [5.41, 5.74) is 8.06. The van der Waals surface area contributed by atoms with Gasteiger partial charge in [-0.15, -0.1) is 11.3 Å². The van der Waals surface area contributed by atoms with Crippen LogP contribution in [0.15, 0.2) is 29.6 Å². The quantitative estimate of drug-likeness (QED) is 0.927. The highest BCUT2D eigenvalue weighted by atomic mass is 32.1. The molecule has 0 bridgehead atoms. The Morgan fingerprint density at radius 3 is 2.68 bits per heavy atom. The van der Waals surface area contributed by atoms with Crippen LogP contribution in [0.1, 0.15) is 43.1 Å². The van der Waals surface area contributed by atoms with Crippen LogP contribution in [0.2, 0.25) is 0 Å². The van der Waals surface area contributed by atoms with E-state index in [2.05, 4.69) is 31.1 Å². The number of aromatic nitrogens is 1. The Morgan fingerprint density at radius 1 is 1.37 bits per heavy atom. The zero-order valence-corrected chi connectivity index (χ0v) is 12.3. The van der Waals surface area contributed by atoms with Crippen molar-refractivity contribution < 1.29 is 4.39 Å². The van der Waals surface area contributed by atoms with Gasteiger partial charge in [-0.25, -0.2) is 9.37 Å². The van der Waals surface area contributed by atoms with Crippen molar-refractivity contribution in [2.24, 2.45) is 5.73 Å². The van der Waals surface area contributed by atoms with Gasteiger partial charge in [0, 0.05) is 23.3 Å². The van der Waals surface area contributed by atoms with Gasteiger partial charge in [-0.2, -0.15) is 0 Å². The molecule has 0 spiro atoms. The standard InChI is InChI=1S/C15H19FN2S/c1-15(2,3)13-9-19-14(18-13)8-12(17)10-5-4-6-11(16)7-10/h4-7,9,12H,8,17H2,1-3H3. The van der Waals surface area contributed by atoms with Crippen LogP contribution >= 0.6 is 11.3 Å². The highest BCUT2D eigenvalue weighted by Crippen LogP contribution is 2.26. The maximum absolute atomic E-state index is 13.2. The van der Waals surface area contributed by atoms with Crippen LogP contribution in [0.25, 0.3) is 0 Å². The predicted molar refractivity (Wildman–Crippen MR) is 77.8 cm³/mol. The van der Waals surface area contributed by atoms with Crippen molar-refractivity contribution in [3.8, 4) is 0 Å². The van der Waals surface area contributed by atoms with Gasteiger partial charge in [0.15, 0.2) is 0 Å². The minimum absolute atomic E-state index is 0.0533. The Hall–Kier alpha value is -1.26. The van der Waals surface area contributed by atoms with E-state index in [0.29, 0.717) is 6.42 Å². The lowest BCUT2D eigenvalue weighted by Gasteiger charge is -2.14.